The lowest BCUT2D eigenvalue weighted by atomic mass is 10.0. The van der Waals surface area contributed by atoms with Gasteiger partial charge in [-0.1, -0.05) is 29.4 Å². The fourth-order valence-corrected chi connectivity index (χ4v) is 2.35. The Morgan fingerprint density at radius 3 is 2.35 bits per heavy atom. The van der Waals surface area contributed by atoms with Gasteiger partial charge in [-0.2, -0.15) is 0 Å². The van der Waals surface area contributed by atoms with Crippen molar-refractivity contribution in [3.63, 3.8) is 0 Å². The van der Waals surface area contributed by atoms with E-state index in [9.17, 15) is 4.79 Å². The average molecular weight is 356 g/mol. The molecule has 26 heavy (non-hydrogen) atoms. The number of rotatable bonds is 8. The SMILES string of the molecule is CNC(=O)C(=NOC)c1ccccc1COc1ccc(OC(C)C)cc1. The number of likely N-dealkylation sites (N-methyl/N-ethyl adjacent to an activating group) is 1. The highest BCUT2D eigenvalue weighted by atomic mass is 16.6. The summed E-state index contributed by atoms with van der Waals surface area (Å²) in [5.41, 5.74) is 1.69. The molecule has 0 unspecified atom stereocenters. The van der Waals surface area contributed by atoms with Gasteiger partial charge in [-0.3, -0.25) is 4.79 Å². The maximum atomic E-state index is 12.1. The fourth-order valence-electron chi connectivity index (χ4n) is 2.35. The summed E-state index contributed by atoms with van der Waals surface area (Å²) in [5.74, 6) is 1.18. The number of oxime groups is 1. The monoisotopic (exact) mass is 356 g/mol. The Morgan fingerprint density at radius 1 is 1.08 bits per heavy atom. The van der Waals surface area contributed by atoms with E-state index in [-0.39, 0.29) is 17.7 Å². The minimum atomic E-state index is -0.325. The normalized spacial score (nSPS) is 11.2. The largest absolute Gasteiger partial charge is 0.491 e. The van der Waals surface area contributed by atoms with E-state index in [1.54, 1.807) is 7.05 Å². The summed E-state index contributed by atoms with van der Waals surface area (Å²) in [4.78, 5) is 16.9. The van der Waals surface area contributed by atoms with Gasteiger partial charge in [-0.05, 0) is 43.7 Å². The van der Waals surface area contributed by atoms with E-state index >= 15 is 0 Å². The van der Waals surface area contributed by atoms with Crippen LogP contribution in [0.2, 0.25) is 0 Å². The topological polar surface area (TPSA) is 69.2 Å². The molecule has 0 aliphatic carbocycles. The highest BCUT2D eigenvalue weighted by Crippen LogP contribution is 2.20. The van der Waals surface area contributed by atoms with Gasteiger partial charge in [0.05, 0.1) is 6.10 Å². The van der Waals surface area contributed by atoms with Crippen molar-refractivity contribution in [3.05, 3.63) is 59.7 Å². The van der Waals surface area contributed by atoms with Crippen LogP contribution < -0.4 is 14.8 Å². The van der Waals surface area contributed by atoms with E-state index in [0.29, 0.717) is 17.9 Å². The van der Waals surface area contributed by atoms with Crippen LogP contribution in [-0.2, 0) is 16.2 Å². The predicted molar refractivity (Wildman–Crippen MR) is 101 cm³/mol. The molecule has 6 nitrogen and oxygen atoms in total. The summed E-state index contributed by atoms with van der Waals surface area (Å²) in [6.07, 6.45) is 0.122. The molecule has 0 aliphatic rings. The third-order valence-corrected chi connectivity index (χ3v) is 3.49. The van der Waals surface area contributed by atoms with Crippen molar-refractivity contribution in [1.82, 2.24) is 5.32 Å². The van der Waals surface area contributed by atoms with Crippen molar-refractivity contribution in [2.24, 2.45) is 5.16 Å². The number of hydrogen-bond acceptors (Lipinski definition) is 5. The van der Waals surface area contributed by atoms with Crippen molar-refractivity contribution in [2.45, 2.75) is 26.6 Å². The molecule has 0 saturated heterocycles. The van der Waals surface area contributed by atoms with Gasteiger partial charge in [0, 0.05) is 12.6 Å². The molecule has 138 valence electrons. The minimum Gasteiger partial charge on any atom is -0.491 e. The lowest BCUT2D eigenvalue weighted by Crippen LogP contribution is -2.29. The molecule has 0 aromatic heterocycles. The quantitative estimate of drug-likeness (QED) is 0.583. The predicted octanol–water partition coefficient (Wildman–Crippen LogP) is 3.15. The lowest BCUT2D eigenvalue weighted by molar-refractivity contribution is -0.114. The van der Waals surface area contributed by atoms with Gasteiger partial charge in [-0.15, -0.1) is 0 Å². The number of nitrogens with one attached hydrogen (secondary N) is 1. The zero-order chi connectivity index (χ0) is 18.9. The molecular formula is C20H24N2O4. The van der Waals surface area contributed by atoms with Gasteiger partial charge in [0.25, 0.3) is 5.91 Å². The molecule has 0 heterocycles. The number of benzene rings is 2. The molecule has 6 heteroatoms. The van der Waals surface area contributed by atoms with E-state index < -0.39 is 0 Å². The highest BCUT2D eigenvalue weighted by Gasteiger charge is 2.17. The Bertz CT molecular complexity index is 755. The Kier molecular flexibility index (Phi) is 7.02. The van der Waals surface area contributed by atoms with Crippen LogP contribution in [0.3, 0.4) is 0 Å². The van der Waals surface area contributed by atoms with Gasteiger partial charge in [-0.25, -0.2) is 0 Å². The number of carbonyl (C=O) groups is 1. The second-order valence-electron chi connectivity index (χ2n) is 5.79. The molecule has 0 aliphatic heterocycles. The van der Waals surface area contributed by atoms with Gasteiger partial charge >= 0.3 is 0 Å². The molecule has 0 fully saturated rings. The lowest BCUT2D eigenvalue weighted by Gasteiger charge is -2.13. The summed E-state index contributed by atoms with van der Waals surface area (Å²) in [7, 11) is 2.95. The first kappa shape index (κ1) is 19.3. The van der Waals surface area contributed by atoms with Crippen LogP contribution in [0.4, 0.5) is 0 Å². The zero-order valence-corrected chi connectivity index (χ0v) is 15.5. The number of nitrogens with zero attached hydrogens (tertiary/aromatic N) is 1. The summed E-state index contributed by atoms with van der Waals surface area (Å²) in [6, 6.07) is 14.9. The molecule has 2 rings (SSSR count). The molecule has 0 atom stereocenters. The molecular weight excluding hydrogens is 332 g/mol. The maximum absolute atomic E-state index is 12.1. The Labute approximate surface area is 153 Å². The van der Waals surface area contributed by atoms with E-state index in [0.717, 1.165) is 11.3 Å². The molecule has 0 spiro atoms. The van der Waals surface area contributed by atoms with E-state index in [4.69, 9.17) is 14.3 Å². The molecule has 0 saturated carbocycles. The molecule has 2 aromatic carbocycles. The van der Waals surface area contributed by atoms with Gasteiger partial charge < -0.3 is 19.6 Å². The van der Waals surface area contributed by atoms with Crippen LogP contribution >= 0.6 is 0 Å². The second kappa shape index (κ2) is 9.46. The summed E-state index contributed by atoms with van der Waals surface area (Å²) in [6.45, 7) is 4.25. The van der Waals surface area contributed by atoms with Crippen LogP contribution in [0.25, 0.3) is 0 Å². The smallest absolute Gasteiger partial charge is 0.273 e. The third kappa shape index (κ3) is 5.24. The standard InChI is InChI=1S/C20H24N2O4/c1-14(2)26-17-11-9-16(10-12-17)25-13-15-7-5-6-8-18(15)19(22-24-4)20(23)21-3/h5-12,14H,13H2,1-4H3,(H,21,23). The van der Waals surface area contributed by atoms with E-state index in [2.05, 4.69) is 10.5 Å². The molecule has 1 N–H and O–H groups in total. The minimum absolute atomic E-state index is 0.122. The van der Waals surface area contributed by atoms with Crippen molar-refractivity contribution in [2.75, 3.05) is 14.2 Å². The fraction of sp³-hybridized carbons (Fsp3) is 0.300. The van der Waals surface area contributed by atoms with Gasteiger partial charge in [0.15, 0.2) is 5.71 Å². The molecule has 0 bridgehead atoms. The third-order valence-electron chi connectivity index (χ3n) is 3.49. The van der Waals surface area contributed by atoms with Crippen LogP contribution in [-0.4, -0.2) is 31.9 Å². The first-order valence-corrected chi connectivity index (χ1v) is 8.36. The van der Waals surface area contributed by atoms with Gasteiger partial charge in [0.1, 0.15) is 25.2 Å². The average Bonchev–Trinajstić information content (AvgIpc) is 2.65. The first-order chi connectivity index (χ1) is 12.5. The van der Waals surface area contributed by atoms with Gasteiger partial charge in [0.2, 0.25) is 0 Å². The van der Waals surface area contributed by atoms with Crippen molar-refractivity contribution >= 4 is 11.6 Å². The second-order valence-corrected chi connectivity index (χ2v) is 5.79. The summed E-state index contributed by atoms with van der Waals surface area (Å²) in [5, 5.41) is 6.42. The summed E-state index contributed by atoms with van der Waals surface area (Å²) >= 11 is 0. The number of hydrogen-bond donors (Lipinski definition) is 1. The maximum Gasteiger partial charge on any atom is 0.273 e. The van der Waals surface area contributed by atoms with E-state index in [1.165, 1.54) is 7.11 Å². The Hall–Kier alpha value is -3.02. The van der Waals surface area contributed by atoms with Crippen molar-refractivity contribution < 1.29 is 19.1 Å². The number of amides is 1. The number of ether oxygens (including phenoxy) is 2. The van der Waals surface area contributed by atoms with E-state index in [1.807, 2.05) is 62.4 Å². The Morgan fingerprint density at radius 2 is 1.73 bits per heavy atom. The first-order valence-electron chi connectivity index (χ1n) is 8.36. The molecule has 2 aromatic rings. The van der Waals surface area contributed by atoms with Crippen LogP contribution in [0.5, 0.6) is 11.5 Å². The van der Waals surface area contributed by atoms with Crippen molar-refractivity contribution in [3.8, 4) is 11.5 Å². The Balaban J connectivity index is 2.15. The van der Waals surface area contributed by atoms with Crippen LogP contribution in [0.1, 0.15) is 25.0 Å². The highest BCUT2D eigenvalue weighted by molar-refractivity contribution is 6.45. The van der Waals surface area contributed by atoms with Crippen molar-refractivity contribution in [1.29, 1.82) is 0 Å². The number of carbonyl (C=O) groups excluding carboxylic acids is 1. The zero-order valence-electron chi connectivity index (χ0n) is 15.5. The molecule has 0 radical (unpaired) electrons. The summed E-state index contributed by atoms with van der Waals surface area (Å²) < 4.78 is 11.5. The molecule has 1 amide bonds. The van der Waals surface area contributed by atoms with Crippen LogP contribution in [0, 0.1) is 0 Å². The van der Waals surface area contributed by atoms with Crippen LogP contribution in [0.15, 0.2) is 53.7 Å².